The molecule has 0 bridgehead atoms. The molecule has 2 rings (SSSR count). The molecule has 0 spiro atoms. The van der Waals surface area contributed by atoms with Crippen LogP contribution >= 0.6 is 0 Å². The average molecular weight is 819 g/mol. The van der Waals surface area contributed by atoms with Gasteiger partial charge >= 0.3 is 0 Å². The normalized spacial score (nSPS) is 12.1. The Morgan fingerprint density at radius 3 is 1.53 bits per heavy atom. The van der Waals surface area contributed by atoms with Crippen LogP contribution in [0.2, 0.25) is 0 Å². The Morgan fingerprint density at radius 2 is 1.03 bits per heavy atom. The fraction of sp³-hybridized carbons (Fsp3) is 0.617. The number of benzene rings is 2. The molecule has 4 amide bonds. The Morgan fingerprint density at radius 1 is 0.576 bits per heavy atom. The van der Waals surface area contributed by atoms with E-state index in [0.717, 1.165) is 29.8 Å². The Bertz CT molecular complexity index is 1480. The van der Waals surface area contributed by atoms with Crippen molar-refractivity contribution in [1.82, 2.24) is 24.9 Å². The van der Waals surface area contributed by atoms with Crippen LogP contribution in [0.3, 0.4) is 0 Å². The number of nitrogens with two attached hydrogens (primary N) is 3. The highest BCUT2D eigenvalue weighted by Crippen LogP contribution is 2.25. The average Bonchev–Trinajstić information content (AvgIpc) is 3.24. The first-order valence-corrected chi connectivity index (χ1v) is 22.3. The smallest absolute Gasteiger partial charge is 0.243 e. The van der Waals surface area contributed by atoms with Gasteiger partial charge in [-0.25, -0.2) is 0 Å². The molecule has 0 aliphatic carbocycles. The summed E-state index contributed by atoms with van der Waals surface area (Å²) in [6.45, 7) is 12.7. The summed E-state index contributed by atoms with van der Waals surface area (Å²) in [5.74, 6) is -1.68. The number of nitrogens with zero attached hydrogens (tertiary/aromatic N) is 4. The van der Waals surface area contributed by atoms with Gasteiger partial charge in [0.15, 0.2) is 0 Å². The van der Waals surface area contributed by atoms with Gasteiger partial charge in [-0.3, -0.25) is 19.2 Å². The van der Waals surface area contributed by atoms with E-state index in [1.54, 1.807) is 4.90 Å². The second-order valence-corrected chi connectivity index (χ2v) is 15.8. The first-order valence-electron chi connectivity index (χ1n) is 22.3. The fourth-order valence-electron chi connectivity index (χ4n) is 7.26. The van der Waals surface area contributed by atoms with Gasteiger partial charge in [0.05, 0.1) is 25.2 Å². The molecule has 7 N–H and O–H groups in total. The van der Waals surface area contributed by atoms with Gasteiger partial charge in [0.1, 0.15) is 13.1 Å². The molecule has 12 nitrogen and oxygen atoms in total. The quantitative estimate of drug-likeness (QED) is 0.0598. The maximum Gasteiger partial charge on any atom is 0.243 e. The number of carbonyl (C=O) groups is 4. The summed E-state index contributed by atoms with van der Waals surface area (Å²) in [6.07, 6.45) is 16.1. The highest BCUT2D eigenvalue weighted by atomic mass is 16.2. The maximum absolute atomic E-state index is 14.6. The van der Waals surface area contributed by atoms with E-state index >= 15 is 0 Å². The molecule has 330 valence electrons. The van der Waals surface area contributed by atoms with Crippen LogP contribution in [0.15, 0.2) is 72.9 Å². The lowest BCUT2D eigenvalue weighted by Crippen LogP contribution is -2.51. The summed E-state index contributed by atoms with van der Waals surface area (Å²) in [7, 11) is 0. The lowest BCUT2D eigenvalue weighted by atomic mass is 10.1. The van der Waals surface area contributed by atoms with Crippen LogP contribution in [-0.2, 0) is 19.2 Å². The molecule has 0 unspecified atom stereocenters. The van der Waals surface area contributed by atoms with Gasteiger partial charge in [-0.15, -0.1) is 0 Å². The minimum absolute atomic E-state index is 0.0180. The first kappa shape index (κ1) is 50.9. The van der Waals surface area contributed by atoms with Crippen LogP contribution in [0, 0.1) is 0 Å². The summed E-state index contributed by atoms with van der Waals surface area (Å²) in [6, 6.07) is 18.1. The van der Waals surface area contributed by atoms with E-state index < -0.39 is 29.8 Å². The number of nitrogens with one attached hydrogen (secondary N) is 1. The van der Waals surface area contributed by atoms with Crippen molar-refractivity contribution in [1.29, 1.82) is 0 Å². The van der Waals surface area contributed by atoms with Crippen LogP contribution < -0.4 is 22.5 Å². The molecule has 2 aromatic carbocycles. The summed E-state index contributed by atoms with van der Waals surface area (Å²) in [4.78, 5) is 61.4. The van der Waals surface area contributed by atoms with E-state index in [2.05, 4.69) is 18.8 Å². The summed E-state index contributed by atoms with van der Waals surface area (Å²) < 4.78 is 0. The van der Waals surface area contributed by atoms with Crippen molar-refractivity contribution < 1.29 is 19.2 Å². The topological polar surface area (TPSA) is 171 Å². The van der Waals surface area contributed by atoms with E-state index in [4.69, 9.17) is 17.2 Å². The second kappa shape index (κ2) is 30.7. The third-order valence-corrected chi connectivity index (χ3v) is 11.0. The zero-order valence-electron chi connectivity index (χ0n) is 36.8. The molecule has 0 aliphatic heterocycles. The van der Waals surface area contributed by atoms with Gasteiger partial charge in [0.25, 0.3) is 0 Å². The van der Waals surface area contributed by atoms with E-state index in [1.165, 1.54) is 74.0 Å². The fourth-order valence-corrected chi connectivity index (χ4v) is 7.26. The van der Waals surface area contributed by atoms with Crippen LogP contribution in [-0.4, -0.2) is 109 Å². The van der Waals surface area contributed by atoms with Gasteiger partial charge in [0.2, 0.25) is 23.6 Å². The zero-order chi connectivity index (χ0) is 43.3. The van der Waals surface area contributed by atoms with Gasteiger partial charge in [-0.05, 0) is 70.3 Å². The third kappa shape index (κ3) is 20.5. The lowest BCUT2D eigenvalue weighted by Gasteiger charge is -2.36. The molecule has 0 saturated heterocycles. The standard InChI is InChI=1S/C47H78N8O4/c1-5-6-7-8-9-10-11-12-13-14-22-31-51-34-39(2)52(33-24-30-49)36-46(58)55(41(4)43-27-19-16-20-28-43)38-47(59)54(40(3)42-25-17-15-18-26-42)37-45(57)53(35-44(50)56)32-23-21-29-48/h15-20,25-28,40-41,51H,2,5-14,21-24,29-38,48-49H2,1,3-4H3,(H2,50,56)/t40-,41+/m1/s1. The number of primary amides is 1. The monoisotopic (exact) mass is 819 g/mol. The predicted molar refractivity (Wildman–Crippen MR) is 241 cm³/mol. The predicted octanol–water partition coefficient (Wildman–Crippen LogP) is 6.28. The van der Waals surface area contributed by atoms with Crippen molar-refractivity contribution in [3.05, 3.63) is 84.1 Å². The van der Waals surface area contributed by atoms with Crippen molar-refractivity contribution in [2.45, 2.75) is 123 Å². The minimum Gasteiger partial charge on any atom is -0.368 e. The SMILES string of the molecule is C=C(CNCCCCCCCCCCCCC)N(CCCN)CC(=O)N(CC(=O)N(CC(=O)N(CCCCN)CC(N)=O)[C@H](C)c1ccccc1)[C@@H](C)c1ccccc1. The van der Waals surface area contributed by atoms with Crippen molar-refractivity contribution in [3.8, 4) is 0 Å². The Kier molecular flexibility index (Phi) is 26.5. The third-order valence-electron chi connectivity index (χ3n) is 11.0. The van der Waals surface area contributed by atoms with Crippen LogP contribution in [0.5, 0.6) is 0 Å². The van der Waals surface area contributed by atoms with Crippen molar-refractivity contribution >= 4 is 23.6 Å². The summed E-state index contributed by atoms with van der Waals surface area (Å²) >= 11 is 0. The maximum atomic E-state index is 14.6. The largest absolute Gasteiger partial charge is 0.368 e. The molecule has 0 heterocycles. The number of unbranched alkanes of at least 4 members (excludes halogenated alkanes) is 11. The van der Waals surface area contributed by atoms with Gasteiger partial charge in [-0.2, -0.15) is 0 Å². The summed E-state index contributed by atoms with van der Waals surface area (Å²) in [5, 5.41) is 3.52. The Hall–Kier alpha value is -4.26. The second-order valence-electron chi connectivity index (χ2n) is 15.8. The number of hydrogen-bond donors (Lipinski definition) is 4. The van der Waals surface area contributed by atoms with Crippen LogP contribution in [0.1, 0.15) is 134 Å². The Labute approximate surface area is 356 Å². The van der Waals surface area contributed by atoms with Gasteiger partial charge in [0, 0.05) is 25.3 Å². The number of carbonyl (C=O) groups excluding carboxylic acids is 4. The van der Waals surface area contributed by atoms with Crippen molar-refractivity contribution in [2.75, 3.05) is 65.4 Å². The van der Waals surface area contributed by atoms with E-state index in [1.807, 2.05) is 79.4 Å². The number of hydrogen-bond acceptors (Lipinski definition) is 8. The molecule has 0 radical (unpaired) electrons. The van der Waals surface area contributed by atoms with Gasteiger partial charge < -0.3 is 42.1 Å². The molecule has 0 fully saturated rings. The number of amides is 4. The van der Waals surface area contributed by atoms with E-state index in [9.17, 15) is 19.2 Å². The van der Waals surface area contributed by atoms with Gasteiger partial charge in [-0.1, -0.05) is 138 Å². The highest BCUT2D eigenvalue weighted by Gasteiger charge is 2.32. The Balaban J connectivity index is 2.21. The number of rotatable bonds is 34. The minimum atomic E-state index is -0.640. The molecule has 0 saturated carbocycles. The van der Waals surface area contributed by atoms with Crippen molar-refractivity contribution in [3.63, 3.8) is 0 Å². The van der Waals surface area contributed by atoms with Crippen LogP contribution in [0.4, 0.5) is 0 Å². The molecule has 0 aliphatic rings. The molecule has 2 atom stereocenters. The van der Waals surface area contributed by atoms with Crippen molar-refractivity contribution in [2.24, 2.45) is 17.2 Å². The molecular formula is C47H78N8O4. The highest BCUT2D eigenvalue weighted by molar-refractivity contribution is 5.90. The molecule has 2 aromatic rings. The van der Waals surface area contributed by atoms with E-state index in [0.29, 0.717) is 45.4 Å². The first-order chi connectivity index (χ1) is 28.5. The molecule has 12 heteroatoms. The van der Waals surface area contributed by atoms with E-state index in [-0.39, 0.29) is 38.6 Å². The zero-order valence-corrected chi connectivity index (χ0v) is 36.8. The molecule has 0 aromatic heterocycles. The molecule has 59 heavy (non-hydrogen) atoms. The molecular weight excluding hydrogens is 741 g/mol. The van der Waals surface area contributed by atoms with Crippen LogP contribution in [0.25, 0.3) is 0 Å². The summed E-state index contributed by atoms with van der Waals surface area (Å²) in [5.41, 5.74) is 19.7. The lowest BCUT2D eigenvalue weighted by molar-refractivity contribution is -0.147.